The number of nitrogens with two attached hydrogens (primary N) is 1. The van der Waals surface area contributed by atoms with E-state index in [9.17, 15) is 0 Å². The van der Waals surface area contributed by atoms with Crippen molar-refractivity contribution in [2.24, 2.45) is 5.73 Å². The molecule has 0 amide bonds. The van der Waals surface area contributed by atoms with Gasteiger partial charge in [-0.2, -0.15) is 4.98 Å². The summed E-state index contributed by atoms with van der Waals surface area (Å²) in [6, 6.07) is 8.62. The molecule has 2 fully saturated rings. The zero-order chi connectivity index (χ0) is 15.9. The van der Waals surface area contributed by atoms with Crippen molar-refractivity contribution in [2.45, 2.75) is 50.0 Å². The molecule has 4 rings (SSSR count). The molecule has 1 saturated heterocycles. The monoisotopic (exact) mass is 313 g/mol. The van der Waals surface area contributed by atoms with E-state index >= 15 is 0 Å². The standard InChI is InChI=1S/C18H23N3O2/c1-13-3-5-14(6-4-13)17(9-11-22-12-10-17)16-20-15(21-23-16)18(19)7-2-8-18/h3-6H,2,7-12,19H2,1H3. The molecular weight excluding hydrogens is 290 g/mol. The van der Waals surface area contributed by atoms with Gasteiger partial charge in [0.2, 0.25) is 5.89 Å². The molecule has 5 heteroatoms. The first-order chi connectivity index (χ1) is 11.1. The van der Waals surface area contributed by atoms with Crippen LogP contribution in [0.2, 0.25) is 0 Å². The third-order valence-electron chi connectivity index (χ3n) is 5.48. The molecule has 0 bridgehead atoms. The molecule has 1 aromatic carbocycles. The van der Waals surface area contributed by atoms with Crippen LogP contribution in [-0.2, 0) is 15.7 Å². The van der Waals surface area contributed by atoms with Crippen LogP contribution in [0.4, 0.5) is 0 Å². The van der Waals surface area contributed by atoms with E-state index < -0.39 is 0 Å². The van der Waals surface area contributed by atoms with E-state index in [-0.39, 0.29) is 11.0 Å². The Kier molecular flexibility index (Phi) is 3.50. The van der Waals surface area contributed by atoms with Gasteiger partial charge in [0, 0.05) is 13.2 Å². The van der Waals surface area contributed by atoms with Crippen molar-refractivity contribution < 1.29 is 9.26 Å². The van der Waals surface area contributed by atoms with Crippen LogP contribution >= 0.6 is 0 Å². The third kappa shape index (κ3) is 2.39. The molecule has 2 aromatic rings. The minimum absolute atomic E-state index is 0.253. The summed E-state index contributed by atoms with van der Waals surface area (Å²) in [5.41, 5.74) is 8.19. The Morgan fingerprint density at radius 1 is 1.04 bits per heavy atom. The highest BCUT2D eigenvalue weighted by molar-refractivity contribution is 5.35. The highest BCUT2D eigenvalue weighted by Crippen LogP contribution is 2.43. The van der Waals surface area contributed by atoms with Gasteiger partial charge in [-0.15, -0.1) is 0 Å². The molecule has 1 aromatic heterocycles. The van der Waals surface area contributed by atoms with Crippen molar-refractivity contribution >= 4 is 0 Å². The highest BCUT2D eigenvalue weighted by Gasteiger charge is 2.44. The second-order valence-electron chi connectivity index (χ2n) is 6.99. The molecule has 2 N–H and O–H groups in total. The molecule has 1 aliphatic carbocycles. The molecule has 23 heavy (non-hydrogen) atoms. The molecule has 0 unspecified atom stereocenters. The van der Waals surface area contributed by atoms with Gasteiger partial charge in [-0.1, -0.05) is 35.0 Å². The van der Waals surface area contributed by atoms with Gasteiger partial charge in [0.25, 0.3) is 0 Å². The fourth-order valence-corrected chi connectivity index (χ4v) is 3.62. The fourth-order valence-electron chi connectivity index (χ4n) is 3.62. The molecule has 0 radical (unpaired) electrons. The first-order valence-corrected chi connectivity index (χ1v) is 8.41. The van der Waals surface area contributed by atoms with Gasteiger partial charge < -0.3 is 15.0 Å². The summed E-state index contributed by atoms with van der Waals surface area (Å²) in [4.78, 5) is 4.74. The van der Waals surface area contributed by atoms with Crippen LogP contribution in [0.1, 0.15) is 54.9 Å². The molecule has 1 aliphatic heterocycles. The molecule has 0 spiro atoms. The average molecular weight is 313 g/mol. The zero-order valence-electron chi connectivity index (χ0n) is 13.5. The molecule has 122 valence electrons. The third-order valence-corrected chi connectivity index (χ3v) is 5.48. The Morgan fingerprint density at radius 3 is 2.35 bits per heavy atom. The second-order valence-corrected chi connectivity index (χ2v) is 6.99. The summed E-state index contributed by atoms with van der Waals surface area (Å²) in [5, 5.41) is 4.22. The number of benzene rings is 1. The molecular formula is C18H23N3O2. The van der Waals surface area contributed by atoms with Gasteiger partial charge >= 0.3 is 0 Å². The number of hydrogen-bond donors (Lipinski definition) is 1. The van der Waals surface area contributed by atoms with E-state index in [4.69, 9.17) is 20.0 Å². The normalized spacial score (nSPS) is 22.5. The molecule has 0 atom stereocenters. The maximum Gasteiger partial charge on any atom is 0.237 e. The van der Waals surface area contributed by atoms with Crippen LogP contribution in [0.15, 0.2) is 28.8 Å². The number of nitrogens with zero attached hydrogens (tertiary/aromatic N) is 2. The van der Waals surface area contributed by atoms with Gasteiger partial charge in [0.1, 0.15) is 0 Å². The number of rotatable bonds is 3. The molecule has 2 heterocycles. The van der Waals surface area contributed by atoms with Gasteiger partial charge in [0.15, 0.2) is 5.82 Å². The number of hydrogen-bond acceptors (Lipinski definition) is 5. The highest BCUT2D eigenvalue weighted by atomic mass is 16.5. The lowest BCUT2D eigenvalue weighted by atomic mass is 9.73. The Morgan fingerprint density at radius 2 is 1.74 bits per heavy atom. The van der Waals surface area contributed by atoms with Crippen LogP contribution in [0.5, 0.6) is 0 Å². The zero-order valence-corrected chi connectivity index (χ0v) is 13.5. The van der Waals surface area contributed by atoms with Crippen LogP contribution < -0.4 is 5.73 Å². The Bertz CT molecular complexity index is 683. The summed E-state index contributed by atoms with van der Waals surface area (Å²) in [6.45, 7) is 3.51. The number of aryl methyl sites for hydroxylation is 1. The van der Waals surface area contributed by atoms with Crippen molar-refractivity contribution in [1.29, 1.82) is 0 Å². The van der Waals surface area contributed by atoms with Crippen molar-refractivity contribution in [3.05, 3.63) is 47.1 Å². The van der Waals surface area contributed by atoms with E-state index in [0.717, 1.165) is 32.1 Å². The summed E-state index contributed by atoms with van der Waals surface area (Å²) in [6.07, 6.45) is 4.72. The smallest absolute Gasteiger partial charge is 0.237 e. The van der Waals surface area contributed by atoms with Gasteiger partial charge in [-0.25, -0.2) is 0 Å². The summed E-state index contributed by atoms with van der Waals surface area (Å²) in [5.74, 6) is 1.35. The summed E-state index contributed by atoms with van der Waals surface area (Å²) >= 11 is 0. The number of aromatic nitrogens is 2. The van der Waals surface area contributed by atoms with Crippen LogP contribution in [0.3, 0.4) is 0 Å². The molecule has 2 aliphatic rings. The van der Waals surface area contributed by atoms with E-state index in [1.54, 1.807) is 0 Å². The largest absolute Gasteiger partial charge is 0.381 e. The minimum Gasteiger partial charge on any atom is -0.381 e. The first-order valence-electron chi connectivity index (χ1n) is 8.41. The van der Waals surface area contributed by atoms with Gasteiger partial charge in [0.05, 0.1) is 11.0 Å². The first kappa shape index (κ1) is 14.8. The van der Waals surface area contributed by atoms with Crippen molar-refractivity contribution in [2.75, 3.05) is 13.2 Å². The Labute approximate surface area is 136 Å². The lowest BCUT2D eigenvalue weighted by molar-refractivity contribution is 0.0523. The van der Waals surface area contributed by atoms with E-state index in [1.807, 2.05) is 0 Å². The number of ether oxygens (including phenoxy) is 1. The van der Waals surface area contributed by atoms with Crippen LogP contribution in [0, 0.1) is 6.92 Å². The second kappa shape index (κ2) is 5.42. The maximum atomic E-state index is 6.36. The lowest BCUT2D eigenvalue weighted by Gasteiger charge is -2.35. The summed E-state index contributed by atoms with van der Waals surface area (Å²) in [7, 11) is 0. The van der Waals surface area contributed by atoms with Gasteiger partial charge in [-0.3, -0.25) is 0 Å². The Hall–Kier alpha value is -1.72. The lowest BCUT2D eigenvalue weighted by Crippen LogP contribution is -2.44. The maximum absolute atomic E-state index is 6.36. The SMILES string of the molecule is Cc1ccc(C2(c3nc(C4(N)CCC4)no3)CCOCC2)cc1. The van der Waals surface area contributed by atoms with E-state index in [0.29, 0.717) is 24.9 Å². The van der Waals surface area contributed by atoms with Gasteiger partial charge in [-0.05, 0) is 44.6 Å². The van der Waals surface area contributed by atoms with E-state index in [1.165, 1.54) is 11.1 Å². The quantitative estimate of drug-likeness (QED) is 0.943. The fraction of sp³-hybridized carbons (Fsp3) is 0.556. The Balaban J connectivity index is 1.75. The van der Waals surface area contributed by atoms with Crippen molar-refractivity contribution in [3.63, 3.8) is 0 Å². The van der Waals surface area contributed by atoms with Crippen molar-refractivity contribution in [1.82, 2.24) is 10.1 Å². The topological polar surface area (TPSA) is 74.2 Å². The van der Waals surface area contributed by atoms with E-state index in [2.05, 4.69) is 36.3 Å². The predicted octanol–water partition coefficient (Wildman–Crippen LogP) is 2.81. The average Bonchev–Trinajstić information content (AvgIpc) is 3.05. The summed E-state index contributed by atoms with van der Waals surface area (Å²) < 4.78 is 11.3. The van der Waals surface area contributed by atoms with Crippen molar-refractivity contribution in [3.8, 4) is 0 Å². The minimum atomic E-state index is -0.388. The predicted molar refractivity (Wildman–Crippen MR) is 86.0 cm³/mol. The molecule has 5 nitrogen and oxygen atoms in total. The molecule has 1 saturated carbocycles. The van der Waals surface area contributed by atoms with Crippen LogP contribution in [0.25, 0.3) is 0 Å². The van der Waals surface area contributed by atoms with Crippen LogP contribution in [-0.4, -0.2) is 23.4 Å².